The normalized spacial score (nSPS) is 15.9. The van der Waals surface area contributed by atoms with Crippen LogP contribution in [-0.4, -0.2) is 46.5 Å². The molecule has 6 heteroatoms. The van der Waals surface area contributed by atoms with Crippen LogP contribution in [0.2, 0.25) is 0 Å². The van der Waals surface area contributed by atoms with Crippen molar-refractivity contribution in [1.29, 1.82) is 0 Å². The van der Waals surface area contributed by atoms with Gasteiger partial charge in [0.25, 0.3) is 0 Å². The van der Waals surface area contributed by atoms with Crippen LogP contribution in [0, 0.1) is 0 Å². The molecule has 5 nitrogen and oxygen atoms in total. The fourth-order valence-corrected chi connectivity index (χ4v) is 2.91. The molecule has 0 aromatic carbocycles. The van der Waals surface area contributed by atoms with E-state index in [2.05, 4.69) is 21.8 Å². The Hall–Kier alpha value is -0.980. The predicted molar refractivity (Wildman–Crippen MR) is 88.3 cm³/mol. The lowest BCUT2D eigenvalue weighted by molar-refractivity contribution is 0.145. The van der Waals surface area contributed by atoms with Crippen molar-refractivity contribution >= 4 is 17.2 Å². The van der Waals surface area contributed by atoms with E-state index >= 15 is 0 Å². The van der Waals surface area contributed by atoms with Gasteiger partial charge in [-0.1, -0.05) is 25.1 Å². The number of nitrogens with two attached hydrogens (primary N) is 1. The molecule has 0 unspecified atom stereocenters. The summed E-state index contributed by atoms with van der Waals surface area (Å²) in [5, 5.41) is 4.74. The Kier molecular flexibility index (Phi) is 6.60. The first-order valence-electron chi connectivity index (χ1n) is 7.72. The van der Waals surface area contributed by atoms with E-state index in [0.29, 0.717) is 17.6 Å². The van der Waals surface area contributed by atoms with E-state index in [4.69, 9.17) is 27.8 Å². The molecule has 0 saturated heterocycles. The average Bonchev–Trinajstić information content (AvgIpc) is 3.12. The molecule has 0 aliphatic heterocycles. The Balaban J connectivity index is 1.89. The molecule has 0 bridgehead atoms. The first-order valence-corrected chi connectivity index (χ1v) is 8.13. The van der Waals surface area contributed by atoms with Gasteiger partial charge in [0.1, 0.15) is 0 Å². The van der Waals surface area contributed by atoms with Crippen LogP contribution in [0.15, 0.2) is 12.3 Å². The van der Waals surface area contributed by atoms with Crippen LogP contribution in [0.5, 0.6) is 0 Å². The number of hydrogen-bond acceptors (Lipinski definition) is 4. The maximum Gasteiger partial charge on any atom is 0.0764 e. The molecule has 1 heterocycles. The highest BCUT2D eigenvalue weighted by Gasteiger charge is 2.18. The molecule has 1 fully saturated rings. The van der Waals surface area contributed by atoms with Crippen LogP contribution in [0.25, 0.3) is 0 Å². The van der Waals surface area contributed by atoms with E-state index < -0.39 is 0 Å². The van der Waals surface area contributed by atoms with E-state index in [1.165, 1.54) is 25.7 Å². The Bertz CT molecular complexity index is 443. The summed E-state index contributed by atoms with van der Waals surface area (Å²) in [4.78, 5) is 2.86. The molecule has 1 saturated carbocycles. The highest BCUT2D eigenvalue weighted by Crippen LogP contribution is 2.28. The van der Waals surface area contributed by atoms with Crippen LogP contribution < -0.4 is 5.73 Å². The Morgan fingerprint density at radius 2 is 2.24 bits per heavy atom. The van der Waals surface area contributed by atoms with Crippen molar-refractivity contribution in [2.75, 3.05) is 26.8 Å². The van der Waals surface area contributed by atoms with Gasteiger partial charge in [0.05, 0.1) is 23.3 Å². The van der Waals surface area contributed by atoms with Crippen LogP contribution in [0.4, 0.5) is 0 Å². The van der Waals surface area contributed by atoms with Gasteiger partial charge in [0, 0.05) is 39.4 Å². The molecule has 1 aliphatic rings. The third-order valence-electron chi connectivity index (χ3n) is 4.03. The third-order valence-corrected chi connectivity index (χ3v) is 4.24. The highest BCUT2D eigenvalue weighted by atomic mass is 32.1. The number of nitrogens with zero attached hydrogens (tertiary/aromatic N) is 3. The first kappa shape index (κ1) is 16.4. The maximum atomic E-state index is 5.60. The lowest BCUT2D eigenvalue weighted by atomic mass is 10.3. The zero-order chi connectivity index (χ0) is 15.1. The topological polar surface area (TPSA) is 56.3 Å². The molecule has 0 amide bonds. The fourth-order valence-electron chi connectivity index (χ4n) is 2.82. The standard InChI is InChI=1S/C15H26N4OS/c1-20-11-10-18(8-7-15(16)21)12-13-6-9-19(17-13)14-4-2-3-5-14/h6,9,14H,2-5,7-8,10-12H2,1H3,(H2,16,21). The summed E-state index contributed by atoms with van der Waals surface area (Å²) in [6.45, 7) is 3.26. The summed E-state index contributed by atoms with van der Waals surface area (Å²) in [5.74, 6) is 0. The lowest BCUT2D eigenvalue weighted by Crippen LogP contribution is -2.30. The van der Waals surface area contributed by atoms with Crippen LogP contribution in [-0.2, 0) is 11.3 Å². The van der Waals surface area contributed by atoms with E-state index in [1.807, 2.05) is 0 Å². The Morgan fingerprint density at radius 1 is 1.48 bits per heavy atom. The summed E-state index contributed by atoms with van der Waals surface area (Å²) < 4.78 is 7.32. The van der Waals surface area contributed by atoms with Gasteiger partial charge in [-0.3, -0.25) is 9.58 Å². The van der Waals surface area contributed by atoms with Crippen LogP contribution in [0.3, 0.4) is 0 Å². The molecular weight excluding hydrogens is 284 g/mol. The number of thiocarbonyl (C=S) groups is 1. The first-order chi connectivity index (χ1) is 10.2. The van der Waals surface area contributed by atoms with E-state index in [0.717, 1.165) is 31.7 Å². The van der Waals surface area contributed by atoms with Gasteiger partial charge in [-0.2, -0.15) is 5.10 Å². The third kappa shape index (κ3) is 5.37. The summed E-state index contributed by atoms with van der Waals surface area (Å²) >= 11 is 4.97. The van der Waals surface area contributed by atoms with Crippen molar-refractivity contribution in [3.05, 3.63) is 18.0 Å². The summed E-state index contributed by atoms with van der Waals surface area (Å²) in [6.07, 6.45) is 8.03. The van der Waals surface area contributed by atoms with E-state index in [-0.39, 0.29) is 0 Å². The van der Waals surface area contributed by atoms with Gasteiger partial charge in [-0.15, -0.1) is 0 Å². The van der Waals surface area contributed by atoms with Gasteiger partial charge >= 0.3 is 0 Å². The number of methoxy groups -OCH3 is 1. The smallest absolute Gasteiger partial charge is 0.0764 e. The van der Waals surface area contributed by atoms with Gasteiger partial charge in [-0.05, 0) is 18.9 Å². The molecule has 1 aliphatic carbocycles. The second kappa shape index (κ2) is 8.46. The molecular formula is C15H26N4OS. The predicted octanol–water partition coefficient (Wildman–Crippen LogP) is 2.12. The minimum Gasteiger partial charge on any atom is -0.393 e. The average molecular weight is 310 g/mol. The largest absolute Gasteiger partial charge is 0.393 e. The molecule has 1 aromatic rings. The summed E-state index contributed by atoms with van der Waals surface area (Å²) in [7, 11) is 1.72. The van der Waals surface area contributed by atoms with Crippen LogP contribution >= 0.6 is 12.2 Å². The molecule has 21 heavy (non-hydrogen) atoms. The number of aromatic nitrogens is 2. The van der Waals surface area contributed by atoms with Crippen molar-refractivity contribution in [3.63, 3.8) is 0 Å². The van der Waals surface area contributed by atoms with E-state index in [1.54, 1.807) is 7.11 Å². The summed E-state index contributed by atoms with van der Waals surface area (Å²) in [6, 6.07) is 2.72. The number of ether oxygens (including phenoxy) is 1. The second-order valence-electron chi connectivity index (χ2n) is 5.71. The van der Waals surface area contributed by atoms with Crippen molar-refractivity contribution in [1.82, 2.24) is 14.7 Å². The van der Waals surface area contributed by atoms with E-state index in [9.17, 15) is 0 Å². The monoisotopic (exact) mass is 310 g/mol. The molecule has 2 N–H and O–H groups in total. The quantitative estimate of drug-likeness (QED) is 0.708. The van der Waals surface area contributed by atoms with Gasteiger partial charge in [0.2, 0.25) is 0 Å². The zero-order valence-electron chi connectivity index (χ0n) is 12.8. The number of rotatable bonds is 9. The molecule has 1 aromatic heterocycles. The van der Waals surface area contributed by atoms with Crippen molar-refractivity contribution in [2.24, 2.45) is 5.73 Å². The molecule has 0 atom stereocenters. The minimum absolute atomic E-state index is 0.564. The molecule has 0 radical (unpaired) electrons. The summed E-state index contributed by atoms with van der Waals surface area (Å²) in [5.41, 5.74) is 6.72. The highest BCUT2D eigenvalue weighted by molar-refractivity contribution is 7.80. The van der Waals surface area contributed by atoms with Gasteiger partial charge in [-0.25, -0.2) is 0 Å². The molecule has 118 valence electrons. The number of hydrogen-bond donors (Lipinski definition) is 1. The van der Waals surface area contributed by atoms with Gasteiger partial charge in [0.15, 0.2) is 0 Å². The minimum atomic E-state index is 0.564. The van der Waals surface area contributed by atoms with Crippen molar-refractivity contribution in [3.8, 4) is 0 Å². The SMILES string of the molecule is COCCN(CCC(N)=S)Cc1ccn(C2CCCC2)n1. The van der Waals surface area contributed by atoms with Gasteiger partial charge < -0.3 is 10.5 Å². The zero-order valence-corrected chi connectivity index (χ0v) is 13.6. The molecule has 0 spiro atoms. The van der Waals surface area contributed by atoms with Crippen molar-refractivity contribution in [2.45, 2.75) is 44.7 Å². The van der Waals surface area contributed by atoms with Crippen LogP contribution in [0.1, 0.15) is 43.8 Å². The molecule has 2 rings (SSSR count). The van der Waals surface area contributed by atoms with Crippen molar-refractivity contribution < 1.29 is 4.74 Å². The fraction of sp³-hybridized carbons (Fsp3) is 0.733. The Morgan fingerprint density at radius 3 is 2.90 bits per heavy atom. The lowest BCUT2D eigenvalue weighted by Gasteiger charge is -2.20. The maximum absolute atomic E-state index is 5.60. The Labute approximate surface area is 132 Å². The second-order valence-corrected chi connectivity index (χ2v) is 6.24.